The second kappa shape index (κ2) is 7.40. The van der Waals surface area contributed by atoms with Crippen molar-refractivity contribution in [2.75, 3.05) is 25.2 Å². The SMILES string of the molecule is COCCS(=O)(=O)NCc1cccc(-c2cn(C)c3ncnc(N)c23)c1. The number of methoxy groups -OCH3 is 1. The summed E-state index contributed by atoms with van der Waals surface area (Å²) in [6, 6.07) is 7.63. The Bertz CT molecular complexity index is 1030. The molecule has 0 bridgehead atoms. The Labute approximate surface area is 152 Å². The van der Waals surface area contributed by atoms with Gasteiger partial charge in [0.15, 0.2) is 0 Å². The number of aryl methyl sites for hydroxylation is 1. The van der Waals surface area contributed by atoms with Crippen molar-refractivity contribution in [1.82, 2.24) is 19.3 Å². The van der Waals surface area contributed by atoms with E-state index in [0.29, 0.717) is 5.82 Å². The van der Waals surface area contributed by atoms with Crippen LogP contribution in [0.15, 0.2) is 36.8 Å². The average molecular weight is 375 g/mol. The molecule has 0 saturated heterocycles. The number of aromatic nitrogens is 3. The van der Waals surface area contributed by atoms with Crippen LogP contribution in [0, 0.1) is 0 Å². The van der Waals surface area contributed by atoms with Crippen molar-refractivity contribution in [3.05, 3.63) is 42.4 Å². The number of nitrogens with one attached hydrogen (secondary N) is 1. The molecule has 0 spiro atoms. The number of nitrogens with two attached hydrogens (primary N) is 1. The third-order valence-electron chi connectivity index (χ3n) is 4.07. The highest BCUT2D eigenvalue weighted by atomic mass is 32.2. The summed E-state index contributed by atoms with van der Waals surface area (Å²) in [6.45, 7) is 0.362. The van der Waals surface area contributed by atoms with E-state index in [9.17, 15) is 8.42 Å². The van der Waals surface area contributed by atoms with E-state index in [-0.39, 0.29) is 18.9 Å². The van der Waals surface area contributed by atoms with Crippen LogP contribution in [0.5, 0.6) is 0 Å². The Morgan fingerprint density at radius 2 is 2.12 bits per heavy atom. The third-order valence-corrected chi connectivity index (χ3v) is 5.36. The van der Waals surface area contributed by atoms with Crippen LogP contribution in [0.2, 0.25) is 0 Å². The van der Waals surface area contributed by atoms with Crippen molar-refractivity contribution in [2.45, 2.75) is 6.54 Å². The van der Waals surface area contributed by atoms with E-state index in [1.165, 1.54) is 13.4 Å². The topological polar surface area (TPSA) is 112 Å². The number of hydrogen-bond acceptors (Lipinski definition) is 6. The van der Waals surface area contributed by atoms with Crippen molar-refractivity contribution in [3.8, 4) is 11.1 Å². The quantitative estimate of drug-likeness (QED) is 0.643. The first-order chi connectivity index (χ1) is 12.4. The lowest BCUT2D eigenvalue weighted by Crippen LogP contribution is -2.27. The fourth-order valence-electron chi connectivity index (χ4n) is 2.76. The monoisotopic (exact) mass is 375 g/mol. The maximum atomic E-state index is 11.9. The highest BCUT2D eigenvalue weighted by Crippen LogP contribution is 2.32. The van der Waals surface area contributed by atoms with Crippen molar-refractivity contribution in [2.24, 2.45) is 7.05 Å². The molecule has 0 aliphatic heterocycles. The molecule has 3 rings (SSSR count). The van der Waals surface area contributed by atoms with Crippen LogP contribution in [-0.2, 0) is 28.4 Å². The molecule has 26 heavy (non-hydrogen) atoms. The second-order valence-corrected chi connectivity index (χ2v) is 7.87. The second-order valence-electron chi connectivity index (χ2n) is 5.94. The van der Waals surface area contributed by atoms with Gasteiger partial charge in [-0.15, -0.1) is 0 Å². The molecule has 0 fully saturated rings. The molecular weight excluding hydrogens is 354 g/mol. The smallest absolute Gasteiger partial charge is 0.214 e. The van der Waals surface area contributed by atoms with Crippen LogP contribution < -0.4 is 10.5 Å². The number of fused-ring (bicyclic) bond motifs is 1. The predicted molar refractivity (Wildman–Crippen MR) is 101 cm³/mol. The van der Waals surface area contributed by atoms with E-state index in [0.717, 1.165) is 27.7 Å². The molecule has 0 radical (unpaired) electrons. The van der Waals surface area contributed by atoms with Crippen LogP contribution in [0.3, 0.4) is 0 Å². The maximum Gasteiger partial charge on any atom is 0.214 e. The first-order valence-corrected chi connectivity index (χ1v) is 9.67. The van der Waals surface area contributed by atoms with Crippen molar-refractivity contribution in [1.29, 1.82) is 0 Å². The Balaban J connectivity index is 1.89. The number of ether oxygens (including phenoxy) is 1. The van der Waals surface area contributed by atoms with Gasteiger partial charge in [-0.25, -0.2) is 23.1 Å². The molecule has 8 nitrogen and oxygen atoms in total. The zero-order valence-corrected chi connectivity index (χ0v) is 15.5. The Morgan fingerprint density at radius 3 is 2.88 bits per heavy atom. The summed E-state index contributed by atoms with van der Waals surface area (Å²) >= 11 is 0. The standard InChI is InChI=1S/C17H21N5O3S/c1-22-10-14(15-16(18)19-11-20-17(15)22)13-5-3-4-12(8-13)9-21-26(23,24)7-6-25-2/h3-5,8,10-11,21H,6-7,9H2,1-2H3,(H2,18,19,20). The highest BCUT2D eigenvalue weighted by Gasteiger charge is 2.14. The van der Waals surface area contributed by atoms with Gasteiger partial charge in [0, 0.05) is 32.5 Å². The highest BCUT2D eigenvalue weighted by molar-refractivity contribution is 7.89. The molecule has 2 aromatic heterocycles. The van der Waals surface area contributed by atoms with Crippen molar-refractivity contribution in [3.63, 3.8) is 0 Å². The lowest BCUT2D eigenvalue weighted by molar-refractivity contribution is 0.217. The van der Waals surface area contributed by atoms with Gasteiger partial charge in [-0.1, -0.05) is 18.2 Å². The van der Waals surface area contributed by atoms with E-state index in [1.807, 2.05) is 42.1 Å². The molecular formula is C17H21N5O3S. The fourth-order valence-corrected chi connectivity index (χ4v) is 3.68. The third kappa shape index (κ3) is 3.85. The molecule has 3 aromatic rings. The summed E-state index contributed by atoms with van der Waals surface area (Å²) in [5, 5.41) is 0.785. The summed E-state index contributed by atoms with van der Waals surface area (Å²) in [5.41, 5.74) is 9.46. The first-order valence-electron chi connectivity index (χ1n) is 8.02. The minimum absolute atomic E-state index is 0.0691. The molecule has 0 aliphatic carbocycles. The Hall–Kier alpha value is -2.49. The molecule has 0 unspecified atom stereocenters. The summed E-state index contributed by atoms with van der Waals surface area (Å²) in [5.74, 6) is 0.344. The van der Waals surface area contributed by atoms with Crippen molar-refractivity contribution >= 4 is 26.9 Å². The van der Waals surface area contributed by atoms with E-state index < -0.39 is 10.0 Å². The zero-order chi connectivity index (χ0) is 18.7. The van der Waals surface area contributed by atoms with Gasteiger partial charge >= 0.3 is 0 Å². The lowest BCUT2D eigenvalue weighted by Gasteiger charge is -2.08. The van der Waals surface area contributed by atoms with Crippen LogP contribution in [0.4, 0.5) is 5.82 Å². The summed E-state index contributed by atoms with van der Waals surface area (Å²) in [4.78, 5) is 8.35. The molecule has 1 aromatic carbocycles. The Kier molecular flexibility index (Phi) is 5.21. The summed E-state index contributed by atoms with van der Waals surface area (Å²) in [6.07, 6.45) is 3.38. The van der Waals surface area contributed by atoms with Crippen molar-refractivity contribution < 1.29 is 13.2 Å². The molecule has 9 heteroatoms. The number of benzene rings is 1. The lowest BCUT2D eigenvalue weighted by atomic mass is 10.0. The van der Waals surface area contributed by atoms with Crippen LogP contribution in [0.25, 0.3) is 22.2 Å². The number of hydrogen-bond donors (Lipinski definition) is 2. The molecule has 3 N–H and O–H groups in total. The number of rotatable bonds is 7. The normalized spacial score (nSPS) is 11.9. The van der Waals surface area contributed by atoms with Crippen LogP contribution >= 0.6 is 0 Å². The molecule has 0 aliphatic rings. The van der Waals surface area contributed by atoms with E-state index >= 15 is 0 Å². The van der Waals surface area contributed by atoms with Gasteiger partial charge in [-0.3, -0.25) is 0 Å². The van der Waals surface area contributed by atoms with Gasteiger partial charge in [-0.05, 0) is 17.2 Å². The molecule has 0 amide bonds. The maximum absolute atomic E-state index is 11.9. The minimum Gasteiger partial charge on any atom is -0.384 e. The average Bonchev–Trinajstić information content (AvgIpc) is 2.97. The van der Waals surface area contributed by atoms with Crippen LogP contribution in [0.1, 0.15) is 5.56 Å². The predicted octanol–water partition coefficient (Wildman–Crippen LogP) is 1.28. The minimum atomic E-state index is -3.38. The summed E-state index contributed by atoms with van der Waals surface area (Å²) in [7, 11) is -0.0101. The van der Waals surface area contributed by atoms with E-state index in [4.69, 9.17) is 10.5 Å². The number of sulfonamides is 1. The van der Waals surface area contributed by atoms with Gasteiger partial charge < -0.3 is 15.0 Å². The molecule has 0 atom stereocenters. The van der Waals surface area contributed by atoms with E-state index in [1.54, 1.807) is 0 Å². The van der Waals surface area contributed by atoms with Crippen LogP contribution in [-0.4, -0.2) is 42.4 Å². The van der Waals surface area contributed by atoms with Gasteiger partial charge in [0.2, 0.25) is 10.0 Å². The number of anilines is 1. The molecule has 0 saturated carbocycles. The molecule has 2 heterocycles. The van der Waals surface area contributed by atoms with Gasteiger partial charge in [0.05, 0.1) is 17.7 Å². The molecule has 138 valence electrons. The van der Waals surface area contributed by atoms with Gasteiger partial charge in [0.1, 0.15) is 17.8 Å². The number of nitrogens with zero attached hydrogens (tertiary/aromatic N) is 3. The summed E-state index contributed by atoms with van der Waals surface area (Å²) < 4.78 is 33.1. The first kappa shape index (κ1) is 18.3. The fraction of sp³-hybridized carbons (Fsp3) is 0.294. The van der Waals surface area contributed by atoms with Gasteiger partial charge in [-0.2, -0.15) is 0 Å². The Morgan fingerprint density at radius 1 is 1.31 bits per heavy atom. The van der Waals surface area contributed by atoms with E-state index in [2.05, 4.69) is 14.7 Å². The number of nitrogen functional groups attached to an aromatic ring is 1. The largest absolute Gasteiger partial charge is 0.384 e. The zero-order valence-electron chi connectivity index (χ0n) is 14.6. The van der Waals surface area contributed by atoms with Gasteiger partial charge in [0.25, 0.3) is 0 Å².